The fraction of sp³-hybridized carbons (Fsp3) is 0.571. The van der Waals surface area contributed by atoms with Gasteiger partial charge in [-0.3, -0.25) is 9.59 Å². The Hall–Kier alpha value is -1.40. The Kier molecular flexibility index (Phi) is 5.71. The highest BCUT2D eigenvalue weighted by atomic mass is 32.1. The van der Waals surface area contributed by atoms with Gasteiger partial charge in [-0.2, -0.15) is 0 Å². The van der Waals surface area contributed by atoms with Crippen LogP contribution >= 0.6 is 11.3 Å². The largest absolute Gasteiger partial charge is 0.481 e. The van der Waals surface area contributed by atoms with Crippen molar-refractivity contribution in [1.29, 1.82) is 0 Å². The third-order valence-electron chi connectivity index (χ3n) is 2.52. The van der Waals surface area contributed by atoms with Crippen molar-refractivity contribution in [3.05, 3.63) is 21.9 Å². The predicted octanol–water partition coefficient (Wildman–Crippen LogP) is 1.77. The fourth-order valence-electron chi connectivity index (χ4n) is 1.59. The van der Waals surface area contributed by atoms with Gasteiger partial charge in [-0.25, -0.2) is 0 Å². The van der Waals surface area contributed by atoms with E-state index in [0.29, 0.717) is 6.54 Å². The Morgan fingerprint density at radius 1 is 1.30 bits per heavy atom. The molecular weight excluding hydrogens is 276 g/mol. The molecule has 0 aliphatic carbocycles. The first-order chi connectivity index (χ1) is 9.17. The molecule has 0 aromatic carbocycles. The highest BCUT2D eigenvalue weighted by Crippen LogP contribution is 2.17. The minimum Gasteiger partial charge on any atom is -0.481 e. The molecule has 0 saturated heterocycles. The van der Waals surface area contributed by atoms with Gasteiger partial charge in [-0.15, -0.1) is 11.3 Å². The number of amides is 1. The molecule has 3 N–H and O–H groups in total. The zero-order valence-electron chi connectivity index (χ0n) is 12.3. The van der Waals surface area contributed by atoms with Crippen molar-refractivity contribution >= 4 is 23.2 Å². The summed E-state index contributed by atoms with van der Waals surface area (Å²) in [7, 11) is 0. The number of carboxylic acids is 1. The van der Waals surface area contributed by atoms with E-state index in [4.69, 9.17) is 5.11 Å². The summed E-state index contributed by atoms with van der Waals surface area (Å²) in [5.41, 5.74) is -0.245. The summed E-state index contributed by atoms with van der Waals surface area (Å²) in [6, 6.07) is 3.42. The summed E-state index contributed by atoms with van der Waals surface area (Å²) in [4.78, 5) is 24.3. The zero-order chi connectivity index (χ0) is 15.3. The fourth-order valence-corrected chi connectivity index (χ4v) is 2.55. The van der Waals surface area contributed by atoms with Gasteiger partial charge in [0.2, 0.25) is 5.91 Å². The number of hydrogen-bond donors (Lipinski definition) is 3. The highest BCUT2D eigenvalue weighted by molar-refractivity contribution is 7.12. The molecule has 0 saturated carbocycles. The number of carbonyl (C=O) groups is 2. The van der Waals surface area contributed by atoms with Crippen LogP contribution in [-0.4, -0.2) is 28.6 Å². The second-order valence-corrected chi connectivity index (χ2v) is 7.03. The quantitative estimate of drug-likeness (QED) is 0.748. The Balaban J connectivity index is 2.44. The van der Waals surface area contributed by atoms with Gasteiger partial charge in [-0.1, -0.05) is 0 Å². The summed E-state index contributed by atoms with van der Waals surface area (Å²) >= 11 is 1.45. The van der Waals surface area contributed by atoms with E-state index in [1.165, 1.54) is 11.3 Å². The summed E-state index contributed by atoms with van der Waals surface area (Å²) < 4.78 is 0. The van der Waals surface area contributed by atoms with Crippen LogP contribution in [0.3, 0.4) is 0 Å². The van der Waals surface area contributed by atoms with Crippen LogP contribution < -0.4 is 10.6 Å². The number of aliphatic carboxylic acids is 1. The molecule has 5 nitrogen and oxygen atoms in total. The molecule has 20 heavy (non-hydrogen) atoms. The lowest BCUT2D eigenvalue weighted by Crippen LogP contribution is -2.49. The van der Waals surface area contributed by atoms with Crippen LogP contribution in [0.1, 0.15) is 37.4 Å². The molecule has 1 aromatic rings. The van der Waals surface area contributed by atoms with Gasteiger partial charge in [-0.05, 0) is 39.8 Å². The zero-order valence-corrected chi connectivity index (χ0v) is 13.1. The van der Waals surface area contributed by atoms with Crippen molar-refractivity contribution in [2.24, 2.45) is 0 Å². The van der Waals surface area contributed by atoms with Crippen LogP contribution in [0.15, 0.2) is 12.1 Å². The van der Waals surface area contributed by atoms with Crippen molar-refractivity contribution in [1.82, 2.24) is 10.6 Å². The number of rotatable bonds is 6. The maximum atomic E-state index is 11.9. The van der Waals surface area contributed by atoms with Crippen molar-refractivity contribution in [2.75, 3.05) is 0 Å². The summed E-state index contributed by atoms with van der Waals surface area (Å²) in [5, 5.41) is 14.8. The smallest absolute Gasteiger partial charge is 0.308 e. The van der Waals surface area contributed by atoms with E-state index in [-0.39, 0.29) is 23.9 Å². The van der Waals surface area contributed by atoms with E-state index in [1.807, 2.05) is 39.8 Å². The number of carboxylic acid groups (broad SMARTS) is 1. The van der Waals surface area contributed by atoms with Crippen molar-refractivity contribution in [3.63, 3.8) is 0 Å². The van der Waals surface area contributed by atoms with Gasteiger partial charge in [0.15, 0.2) is 0 Å². The van der Waals surface area contributed by atoms with Crippen molar-refractivity contribution < 1.29 is 14.7 Å². The van der Waals surface area contributed by atoms with Crippen molar-refractivity contribution in [3.8, 4) is 0 Å². The second kappa shape index (κ2) is 6.85. The molecule has 1 aromatic heterocycles. The molecule has 1 rings (SSSR count). The standard InChI is InChI=1S/C14H22N2O3S/c1-9(13(19)16-14(2,3)4)15-8-11-6-5-10(20-11)7-12(17)18/h5-6,9,15H,7-8H2,1-4H3,(H,16,19)(H,17,18). The topological polar surface area (TPSA) is 78.4 Å². The van der Waals surface area contributed by atoms with Crippen molar-refractivity contribution in [2.45, 2.75) is 52.2 Å². The van der Waals surface area contributed by atoms with Crippen LogP contribution in [-0.2, 0) is 22.6 Å². The number of hydrogen-bond acceptors (Lipinski definition) is 4. The van der Waals surface area contributed by atoms with Crippen LogP contribution in [0.5, 0.6) is 0 Å². The average Bonchev–Trinajstić information content (AvgIpc) is 2.70. The van der Waals surface area contributed by atoms with E-state index in [1.54, 1.807) is 0 Å². The van der Waals surface area contributed by atoms with Gasteiger partial charge in [0, 0.05) is 21.8 Å². The second-order valence-electron chi connectivity index (χ2n) is 5.78. The van der Waals surface area contributed by atoms with E-state index in [2.05, 4.69) is 10.6 Å². The minimum absolute atomic E-state index is 0.0418. The lowest BCUT2D eigenvalue weighted by atomic mass is 10.1. The SMILES string of the molecule is CC(NCc1ccc(CC(=O)O)s1)C(=O)NC(C)(C)C. The summed E-state index contributed by atoms with van der Waals surface area (Å²) in [5.74, 6) is -0.871. The maximum Gasteiger partial charge on any atom is 0.308 e. The molecular formula is C14H22N2O3S. The molecule has 1 unspecified atom stereocenters. The molecule has 0 bridgehead atoms. The normalized spacial score (nSPS) is 13.0. The predicted molar refractivity (Wildman–Crippen MR) is 79.9 cm³/mol. The van der Waals surface area contributed by atoms with E-state index >= 15 is 0 Å². The molecule has 6 heteroatoms. The van der Waals surface area contributed by atoms with Gasteiger partial charge >= 0.3 is 5.97 Å². The minimum atomic E-state index is -0.829. The first kappa shape index (κ1) is 16.7. The third-order valence-corrected chi connectivity index (χ3v) is 3.60. The Labute approximate surface area is 123 Å². The first-order valence-electron chi connectivity index (χ1n) is 6.52. The number of carbonyl (C=O) groups excluding carboxylic acids is 1. The third kappa shape index (κ3) is 6.16. The molecule has 0 radical (unpaired) electrons. The molecule has 1 heterocycles. The Morgan fingerprint density at radius 3 is 2.45 bits per heavy atom. The van der Waals surface area contributed by atoms with Gasteiger partial charge in [0.05, 0.1) is 12.5 Å². The van der Waals surface area contributed by atoms with E-state index in [9.17, 15) is 9.59 Å². The molecule has 1 amide bonds. The molecule has 0 aliphatic rings. The monoisotopic (exact) mass is 298 g/mol. The molecule has 0 fully saturated rings. The molecule has 0 spiro atoms. The van der Waals surface area contributed by atoms with Gasteiger partial charge in [0.25, 0.3) is 0 Å². The average molecular weight is 298 g/mol. The number of nitrogens with one attached hydrogen (secondary N) is 2. The van der Waals surface area contributed by atoms with Crippen LogP contribution in [0, 0.1) is 0 Å². The lowest BCUT2D eigenvalue weighted by molar-refractivity contribution is -0.136. The lowest BCUT2D eigenvalue weighted by Gasteiger charge is -2.23. The van der Waals surface area contributed by atoms with Gasteiger partial charge < -0.3 is 15.7 Å². The molecule has 0 aliphatic heterocycles. The summed E-state index contributed by atoms with van der Waals surface area (Å²) in [6.07, 6.45) is 0.0464. The summed E-state index contributed by atoms with van der Waals surface area (Å²) in [6.45, 7) is 8.19. The molecule has 1 atom stereocenters. The van der Waals surface area contributed by atoms with E-state index < -0.39 is 5.97 Å². The molecule has 112 valence electrons. The highest BCUT2D eigenvalue weighted by Gasteiger charge is 2.18. The Bertz CT molecular complexity index is 477. The first-order valence-corrected chi connectivity index (χ1v) is 7.34. The maximum absolute atomic E-state index is 11.9. The van der Waals surface area contributed by atoms with Crippen LogP contribution in [0.2, 0.25) is 0 Å². The van der Waals surface area contributed by atoms with E-state index in [0.717, 1.165) is 9.75 Å². The number of thiophene rings is 1. The van der Waals surface area contributed by atoms with Crippen LogP contribution in [0.4, 0.5) is 0 Å². The Morgan fingerprint density at radius 2 is 1.90 bits per heavy atom. The van der Waals surface area contributed by atoms with Crippen LogP contribution in [0.25, 0.3) is 0 Å². The van der Waals surface area contributed by atoms with Gasteiger partial charge in [0.1, 0.15) is 0 Å².